The molecule has 1 heterocycles. The quantitative estimate of drug-likeness (QED) is 0.270. The highest BCUT2D eigenvalue weighted by Crippen LogP contribution is 2.19. The van der Waals surface area contributed by atoms with Crippen LogP contribution >= 0.6 is 0 Å². The number of carbonyl (C=O) groups is 3. The topological polar surface area (TPSA) is 178 Å². The average molecular weight is 392 g/mol. The van der Waals surface area contributed by atoms with Crippen molar-refractivity contribution < 1.29 is 29.7 Å². The molecule has 10 nitrogen and oxygen atoms in total. The van der Waals surface area contributed by atoms with Crippen molar-refractivity contribution in [2.75, 3.05) is 6.61 Å². The number of hydrogen-bond donors (Lipinski definition) is 7. The first-order chi connectivity index (χ1) is 13.2. The number of H-pyrrole nitrogens is 1. The summed E-state index contributed by atoms with van der Waals surface area (Å²) in [6.07, 6.45) is 0.596. The van der Waals surface area contributed by atoms with Crippen LogP contribution in [0.3, 0.4) is 0 Å². The van der Waals surface area contributed by atoms with E-state index in [1.165, 1.54) is 6.92 Å². The molecule has 2 aromatic rings. The maximum absolute atomic E-state index is 12.6. The molecule has 0 bridgehead atoms. The lowest BCUT2D eigenvalue weighted by Gasteiger charge is -2.23. The first-order valence-corrected chi connectivity index (χ1v) is 8.67. The number of aliphatic carboxylic acids is 1. The molecule has 4 unspecified atom stereocenters. The second-order valence-corrected chi connectivity index (χ2v) is 6.47. The largest absolute Gasteiger partial charge is 0.480 e. The Morgan fingerprint density at radius 3 is 2.39 bits per heavy atom. The molecule has 0 saturated carbocycles. The predicted molar refractivity (Wildman–Crippen MR) is 100 cm³/mol. The molecular formula is C18H24N4O6. The molecule has 1 aromatic heterocycles. The number of nitrogens with two attached hydrogens (primary N) is 1. The Bertz CT molecular complexity index is 849. The minimum Gasteiger partial charge on any atom is -0.480 e. The van der Waals surface area contributed by atoms with Gasteiger partial charge in [-0.15, -0.1) is 0 Å². The van der Waals surface area contributed by atoms with Gasteiger partial charge in [0.25, 0.3) is 0 Å². The van der Waals surface area contributed by atoms with Crippen molar-refractivity contribution in [2.24, 2.45) is 5.73 Å². The molecule has 0 fully saturated rings. The third kappa shape index (κ3) is 5.06. The van der Waals surface area contributed by atoms with Crippen LogP contribution in [0.2, 0.25) is 0 Å². The van der Waals surface area contributed by atoms with Crippen molar-refractivity contribution in [1.82, 2.24) is 15.6 Å². The molecule has 152 valence electrons. The predicted octanol–water partition coefficient (Wildman–Crippen LogP) is -1.53. The zero-order chi connectivity index (χ0) is 20.8. The van der Waals surface area contributed by atoms with Gasteiger partial charge in [0.2, 0.25) is 11.8 Å². The lowest BCUT2D eigenvalue weighted by Crippen LogP contribution is -2.57. The number of fused-ring (bicyclic) bond motifs is 1. The number of hydrogen-bond acceptors (Lipinski definition) is 6. The molecule has 10 heteroatoms. The molecule has 1 aromatic carbocycles. The van der Waals surface area contributed by atoms with Crippen LogP contribution in [-0.4, -0.2) is 68.9 Å². The van der Waals surface area contributed by atoms with E-state index in [-0.39, 0.29) is 6.42 Å². The number of nitrogens with one attached hydrogen (secondary N) is 3. The standard InChI is InChI=1S/C18H24N4O6/c1-9(24)15(19)17(26)21-13(16(25)22-14(8-23)18(27)28)6-10-7-20-12-5-3-2-4-11(10)12/h2-5,7,9,13-15,20,23-24H,6,8,19H2,1H3,(H,21,26)(H,22,25)(H,27,28). The van der Waals surface area contributed by atoms with Crippen LogP contribution in [-0.2, 0) is 20.8 Å². The number of carboxylic acids is 1. The molecular weight excluding hydrogens is 368 g/mol. The summed E-state index contributed by atoms with van der Waals surface area (Å²) in [5, 5.41) is 33.1. The van der Waals surface area contributed by atoms with Crippen LogP contribution in [0.4, 0.5) is 0 Å². The summed E-state index contributed by atoms with van der Waals surface area (Å²) in [7, 11) is 0. The minimum atomic E-state index is -1.51. The second kappa shape index (κ2) is 9.31. The maximum atomic E-state index is 12.6. The van der Waals surface area contributed by atoms with Crippen molar-refractivity contribution in [3.05, 3.63) is 36.0 Å². The number of aliphatic hydroxyl groups excluding tert-OH is 2. The first-order valence-electron chi connectivity index (χ1n) is 8.67. The van der Waals surface area contributed by atoms with E-state index >= 15 is 0 Å². The Morgan fingerprint density at radius 2 is 1.79 bits per heavy atom. The van der Waals surface area contributed by atoms with Crippen molar-refractivity contribution in [3.63, 3.8) is 0 Å². The molecule has 0 saturated heterocycles. The SMILES string of the molecule is CC(O)C(N)C(=O)NC(Cc1c[nH]c2ccccc12)C(=O)NC(CO)C(=O)O. The number of aromatic nitrogens is 1. The van der Waals surface area contributed by atoms with Crippen LogP contribution in [0.1, 0.15) is 12.5 Å². The molecule has 0 aliphatic heterocycles. The van der Waals surface area contributed by atoms with E-state index in [1.807, 2.05) is 24.3 Å². The van der Waals surface area contributed by atoms with Gasteiger partial charge in [-0.2, -0.15) is 0 Å². The van der Waals surface area contributed by atoms with E-state index in [2.05, 4.69) is 15.6 Å². The first kappa shape index (κ1) is 21.4. The van der Waals surface area contributed by atoms with Gasteiger partial charge >= 0.3 is 5.97 Å². The maximum Gasteiger partial charge on any atom is 0.328 e. The van der Waals surface area contributed by atoms with Crippen molar-refractivity contribution in [3.8, 4) is 0 Å². The summed E-state index contributed by atoms with van der Waals surface area (Å²) in [4.78, 5) is 39.0. The molecule has 2 amide bonds. The van der Waals surface area contributed by atoms with Crippen molar-refractivity contribution in [2.45, 2.75) is 37.6 Å². The second-order valence-electron chi connectivity index (χ2n) is 6.47. The molecule has 0 aliphatic carbocycles. The third-order valence-corrected chi connectivity index (χ3v) is 4.35. The number of carboxylic acid groups (broad SMARTS) is 1. The lowest BCUT2D eigenvalue weighted by atomic mass is 10.0. The Labute approximate surface area is 160 Å². The van der Waals surface area contributed by atoms with Crippen LogP contribution < -0.4 is 16.4 Å². The Kier molecular flexibility index (Phi) is 7.10. The van der Waals surface area contributed by atoms with Gasteiger partial charge in [-0.1, -0.05) is 18.2 Å². The van der Waals surface area contributed by atoms with Crippen LogP contribution in [0.5, 0.6) is 0 Å². The van der Waals surface area contributed by atoms with E-state index in [0.29, 0.717) is 0 Å². The summed E-state index contributed by atoms with van der Waals surface area (Å²) < 4.78 is 0. The molecule has 8 N–H and O–H groups in total. The minimum absolute atomic E-state index is 0.0475. The highest BCUT2D eigenvalue weighted by Gasteiger charge is 2.29. The monoisotopic (exact) mass is 392 g/mol. The number of rotatable bonds is 9. The van der Waals surface area contributed by atoms with Crippen LogP contribution in [0, 0.1) is 0 Å². The zero-order valence-electron chi connectivity index (χ0n) is 15.3. The van der Waals surface area contributed by atoms with Gasteiger partial charge in [-0.05, 0) is 18.6 Å². The molecule has 0 spiro atoms. The molecule has 0 radical (unpaired) electrons. The van der Waals surface area contributed by atoms with E-state index < -0.39 is 48.6 Å². The molecule has 4 atom stereocenters. The average Bonchev–Trinajstić information content (AvgIpc) is 3.07. The summed E-state index contributed by atoms with van der Waals surface area (Å²) in [6, 6.07) is 3.42. The van der Waals surface area contributed by atoms with E-state index in [4.69, 9.17) is 15.9 Å². The fourth-order valence-electron chi connectivity index (χ4n) is 2.67. The summed E-state index contributed by atoms with van der Waals surface area (Å²) in [6.45, 7) is 0.535. The number of aliphatic hydroxyl groups is 2. The smallest absolute Gasteiger partial charge is 0.328 e. The van der Waals surface area contributed by atoms with Gasteiger partial charge in [0, 0.05) is 23.5 Å². The fourth-order valence-corrected chi connectivity index (χ4v) is 2.67. The fraction of sp³-hybridized carbons (Fsp3) is 0.389. The highest BCUT2D eigenvalue weighted by molar-refractivity contribution is 5.93. The van der Waals surface area contributed by atoms with Crippen LogP contribution in [0.25, 0.3) is 10.9 Å². The third-order valence-electron chi connectivity index (χ3n) is 4.35. The lowest BCUT2D eigenvalue weighted by molar-refractivity contribution is -0.143. The van der Waals surface area contributed by atoms with Crippen LogP contribution in [0.15, 0.2) is 30.5 Å². The molecule has 2 rings (SSSR count). The van der Waals surface area contributed by atoms with Crippen molar-refractivity contribution >= 4 is 28.7 Å². The van der Waals surface area contributed by atoms with Gasteiger partial charge in [0.05, 0.1) is 12.7 Å². The van der Waals surface area contributed by atoms with Gasteiger partial charge in [-0.25, -0.2) is 4.79 Å². The van der Waals surface area contributed by atoms with Gasteiger partial charge in [-0.3, -0.25) is 9.59 Å². The Hall–Kier alpha value is -2.95. The van der Waals surface area contributed by atoms with Gasteiger partial charge < -0.3 is 36.7 Å². The summed E-state index contributed by atoms with van der Waals surface area (Å²) in [5.41, 5.74) is 7.17. The Balaban J connectivity index is 2.25. The number of para-hydroxylation sites is 1. The number of benzene rings is 1. The number of amides is 2. The van der Waals surface area contributed by atoms with E-state index in [9.17, 15) is 19.5 Å². The normalized spacial score (nSPS) is 15.4. The molecule has 0 aliphatic rings. The van der Waals surface area contributed by atoms with Crippen molar-refractivity contribution in [1.29, 1.82) is 0 Å². The van der Waals surface area contributed by atoms with Gasteiger partial charge in [0.1, 0.15) is 18.1 Å². The summed E-state index contributed by atoms with van der Waals surface area (Å²) in [5.74, 6) is -2.96. The van der Waals surface area contributed by atoms with E-state index in [1.54, 1.807) is 6.20 Å². The highest BCUT2D eigenvalue weighted by atomic mass is 16.4. The number of carbonyl (C=O) groups excluding carboxylic acids is 2. The zero-order valence-corrected chi connectivity index (χ0v) is 15.3. The Morgan fingerprint density at radius 1 is 1.14 bits per heavy atom. The molecule has 28 heavy (non-hydrogen) atoms. The summed E-state index contributed by atoms with van der Waals surface area (Å²) >= 11 is 0. The number of aromatic amines is 1. The van der Waals surface area contributed by atoms with E-state index in [0.717, 1.165) is 16.5 Å². The van der Waals surface area contributed by atoms with Gasteiger partial charge in [0.15, 0.2) is 0 Å².